The third-order valence-corrected chi connectivity index (χ3v) is 3.92. The summed E-state index contributed by atoms with van der Waals surface area (Å²) in [5.74, 6) is -0.418. The van der Waals surface area contributed by atoms with E-state index in [1.54, 1.807) is 12.1 Å². The summed E-state index contributed by atoms with van der Waals surface area (Å²) in [6.07, 6.45) is 0.820. The van der Waals surface area contributed by atoms with Gasteiger partial charge >= 0.3 is 0 Å². The lowest BCUT2D eigenvalue weighted by molar-refractivity contribution is -0.125. The highest BCUT2D eigenvalue weighted by atomic mass is 32.2. The topological polar surface area (TPSA) is 118 Å². The summed E-state index contributed by atoms with van der Waals surface area (Å²) < 4.78 is 22.4. The molecule has 1 atom stereocenters. The molecule has 2 amide bonds. The molecule has 0 saturated carbocycles. The first-order valence-electron chi connectivity index (χ1n) is 6.05. The lowest BCUT2D eigenvalue weighted by Crippen LogP contribution is -2.41. The zero-order valence-electron chi connectivity index (χ0n) is 10.6. The molecular weight excluding hydrogens is 282 g/mol. The zero-order valence-corrected chi connectivity index (χ0v) is 11.4. The van der Waals surface area contributed by atoms with E-state index in [0.29, 0.717) is 18.4 Å². The number of sulfonamides is 1. The third-order valence-electron chi connectivity index (χ3n) is 3.01. The summed E-state index contributed by atoms with van der Waals surface area (Å²) in [6, 6.07) is 5.52. The predicted octanol–water partition coefficient (Wildman–Crippen LogP) is -0.771. The Morgan fingerprint density at radius 1 is 1.45 bits per heavy atom. The number of hydrogen-bond acceptors (Lipinski definition) is 4. The van der Waals surface area contributed by atoms with Crippen LogP contribution in [0.25, 0.3) is 0 Å². The summed E-state index contributed by atoms with van der Waals surface area (Å²) in [6.45, 7) is 0.175. The van der Waals surface area contributed by atoms with E-state index in [-0.39, 0.29) is 23.3 Å². The van der Waals surface area contributed by atoms with Crippen LogP contribution in [-0.4, -0.2) is 26.3 Å². The van der Waals surface area contributed by atoms with Crippen molar-refractivity contribution in [2.75, 3.05) is 0 Å². The molecule has 0 radical (unpaired) electrons. The highest BCUT2D eigenvalue weighted by Gasteiger charge is 2.26. The molecule has 1 aliphatic heterocycles. The van der Waals surface area contributed by atoms with E-state index in [1.165, 1.54) is 12.1 Å². The van der Waals surface area contributed by atoms with Crippen molar-refractivity contribution >= 4 is 21.8 Å². The molecule has 2 rings (SSSR count). The molecule has 4 N–H and O–H groups in total. The Hall–Kier alpha value is -1.93. The molecule has 0 spiro atoms. The fourth-order valence-corrected chi connectivity index (χ4v) is 2.54. The molecule has 0 bridgehead atoms. The monoisotopic (exact) mass is 297 g/mol. The minimum Gasteiger partial charge on any atom is -0.350 e. The van der Waals surface area contributed by atoms with E-state index in [2.05, 4.69) is 10.6 Å². The summed E-state index contributed by atoms with van der Waals surface area (Å²) >= 11 is 0. The lowest BCUT2D eigenvalue weighted by Gasteiger charge is -2.11. The van der Waals surface area contributed by atoms with E-state index in [0.717, 1.165) is 0 Å². The molecule has 1 aliphatic rings. The average Bonchev–Trinajstić information content (AvgIpc) is 2.82. The molecule has 0 aromatic heterocycles. The fourth-order valence-electron chi connectivity index (χ4n) is 1.96. The van der Waals surface area contributed by atoms with Crippen molar-refractivity contribution in [1.29, 1.82) is 0 Å². The molecule has 108 valence electrons. The van der Waals surface area contributed by atoms with Crippen LogP contribution in [0.2, 0.25) is 0 Å². The van der Waals surface area contributed by atoms with Crippen molar-refractivity contribution in [3.05, 3.63) is 29.8 Å². The molecule has 1 heterocycles. The minimum absolute atomic E-state index is 0.00146. The maximum atomic E-state index is 11.8. The molecule has 1 fully saturated rings. The van der Waals surface area contributed by atoms with E-state index in [4.69, 9.17) is 5.14 Å². The van der Waals surface area contributed by atoms with Crippen LogP contribution in [-0.2, 0) is 26.2 Å². The number of rotatable bonds is 4. The zero-order chi connectivity index (χ0) is 14.8. The maximum absolute atomic E-state index is 11.8. The summed E-state index contributed by atoms with van der Waals surface area (Å²) in [5, 5.41) is 10.2. The van der Waals surface area contributed by atoms with Gasteiger partial charge in [-0.3, -0.25) is 9.59 Å². The second kappa shape index (κ2) is 5.59. The maximum Gasteiger partial charge on any atom is 0.242 e. The normalized spacial score (nSPS) is 18.6. The van der Waals surface area contributed by atoms with Gasteiger partial charge in [0.1, 0.15) is 6.04 Å². The second-order valence-corrected chi connectivity index (χ2v) is 6.13. The Bertz CT molecular complexity index is 642. The Balaban J connectivity index is 1.97. The second-order valence-electron chi connectivity index (χ2n) is 4.57. The highest BCUT2D eigenvalue weighted by molar-refractivity contribution is 7.89. The van der Waals surface area contributed by atoms with Crippen LogP contribution in [0.4, 0.5) is 0 Å². The van der Waals surface area contributed by atoms with Crippen LogP contribution >= 0.6 is 0 Å². The number of carbonyl (C=O) groups excluding carboxylic acids is 2. The summed E-state index contributed by atoms with van der Waals surface area (Å²) in [7, 11) is -3.76. The van der Waals surface area contributed by atoms with Gasteiger partial charge in [-0.1, -0.05) is 12.1 Å². The number of carbonyl (C=O) groups is 2. The molecule has 1 aromatic rings. The SMILES string of the molecule is NS(=O)(=O)c1cccc(CNC(=O)C2CCC(=O)N2)c1. The predicted molar refractivity (Wildman–Crippen MR) is 70.8 cm³/mol. The van der Waals surface area contributed by atoms with E-state index >= 15 is 0 Å². The molecule has 1 saturated heterocycles. The van der Waals surface area contributed by atoms with Gasteiger partial charge in [0.15, 0.2) is 0 Å². The fraction of sp³-hybridized carbons (Fsp3) is 0.333. The summed E-state index contributed by atoms with van der Waals surface area (Å²) in [4.78, 5) is 22.8. The number of nitrogens with one attached hydrogen (secondary N) is 2. The first-order valence-corrected chi connectivity index (χ1v) is 7.60. The van der Waals surface area contributed by atoms with Gasteiger partial charge in [-0.15, -0.1) is 0 Å². The van der Waals surface area contributed by atoms with E-state index < -0.39 is 16.1 Å². The van der Waals surface area contributed by atoms with Gasteiger partial charge in [0.2, 0.25) is 21.8 Å². The molecule has 8 heteroatoms. The molecule has 0 aliphatic carbocycles. The minimum atomic E-state index is -3.76. The number of primary sulfonamides is 1. The van der Waals surface area contributed by atoms with Crippen LogP contribution in [0.15, 0.2) is 29.2 Å². The Morgan fingerprint density at radius 3 is 2.80 bits per heavy atom. The quantitative estimate of drug-likeness (QED) is 0.676. The van der Waals surface area contributed by atoms with Gasteiger partial charge in [-0.25, -0.2) is 13.6 Å². The van der Waals surface area contributed by atoms with Gasteiger partial charge in [-0.05, 0) is 24.1 Å². The average molecular weight is 297 g/mol. The third kappa shape index (κ3) is 3.55. The van der Waals surface area contributed by atoms with Crippen LogP contribution in [0.5, 0.6) is 0 Å². The van der Waals surface area contributed by atoms with Gasteiger partial charge in [-0.2, -0.15) is 0 Å². The lowest BCUT2D eigenvalue weighted by atomic mass is 10.2. The van der Waals surface area contributed by atoms with E-state index in [9.17, 15) is 18.0 Å². The standard InChI is InChI=1S/C12H15N3O4S/c13-20(18,19)9-3-1-2-8(6-9)7-14-12(17)10-4-5-11(16)15-10/h1-3,6,10H,4-5,7H2,(H,14,17)(H,15,16)(H2,13,18,19). The van der Waals surface area contributed by atoms with Crippen molar-refractivity contribution in [3.63, 3.8) is 0 Å². The number of amides is 2. The smallest absolute Gasteiger partial charge is 0.242 e. The number of benzene rings is 1. The first kappa shape index (κ1) is 14.5. The van der Waals surface area contributed by atoms with Crippen molar-refractivity contribution in [3.8, 4) is 0 Å². The van der Waals surface area contributed by atoms with Crippen molar-refractivity contribution in [2.45, 2.75) is 30.3 Å². The summed E-state index contributed by atoms with van der Waals surface area (Å²) in [5.41, 5.74) is 0.620. The van der Waals surface area contributed by atoms with E-state index in [1.807, 2.05) is 0 Å². The molecule has 1 aromatic carbocycles. The van der Waals surface area contributed by atoms with Crippen molar-refractivity contribution in [1.82, 2.24) is 10.6 Å². The Kier molecular flexibility index (Phi) is 4.05. The molecule has 1 unspecified atom stereocenters. The molecule has 7 nitrogen and oxygen atoms in total. The van der Waals surface area contributed by atoms with Gasteiger partial charge in [0.05, 0.1) is 4.90 Å². The largest absolute Gasteiger partial charge is 0.350 e. The van der Waals surface area contributed by atoms with Crippen LogP contribution < -0.4 is 15.8 Å². The number of nitrogens with two attached hydrogens (primary N) is 1. The molecular formula is C12H15N3O4S. The number of hydrogen-bond donors (Lipinski definition) is 3. The highest BCUT2D eigenvalue weighted by Crippen LogP contribution is 2.10. The van der Waals surface area contributed by atoms with Crippen molar-refractivity contribution in [2.24, 2.45) is 5.14 Å². The van der Waals surface area contributed by atoms with Crippen LogP contribution in [0.1, 0.15) is 18.4 Å². The van der Waals surface area contributed by atoms with Crippen molar-refractivity contribution < 1.29 is 18.0 Å². The van der Waals surface area contributed by atoms with Crippen LogP contribution in [0.3, 0.4) is 0 Å². The Labute approximate surface area is 116 Å². The van der Waals surface area contributed by atoms with Crippen LogP contribution in [0, 0.1) is 0 Å². The Morgan fingerprint density at radius 2 is 2.20 bits per heavy atom. The van der Waals surface area contributed by atoms with Gasteiger partial charge in [0, 0.05) is 13.0 Å². The van der Waals surface area contributed by atoms with Gasteiger partial charge < -0.3 is 10.6 Å². The molecule has 20 heavy (non-hydrogen) atoms. The van der Waals surface area contributed by atoms with Gasteiger partial charge in [0.25, 0.3) is 0 Å². The first-order chi connectivity index (χ1) is 9.36.